The van der Waals surface area contributed by atoms with E-state index >= 15 is 0 Å². The van der Waals surface area contributed by atoms with E-state index in [2.05, 4.69) is 20.8 Å². The fourth-order valence-corrected chi connectivity index (χ4v) is 2.92. The van der Waals surface area contributed by atoms with Crippen LogP contribution in [0, 0.1) is 5.82 Å². The van der Waals surface area contributed by atoms with E-state index in [0.29, 0.717) is 16.8 Å². The van der Waals surface area contributed by atoms with Gasteiger partial charge in [0.1, 0.15) is 5.82 Å². The molecule has 0 atom stereocenters. The molecule has 0 saturated carbocycles. The molecule has 2 amide bonds. The number of carbonyl (C=O) groups is 3. The van der Waals surface area contributed by atoms with Gasteiger partial charge in [-0.2, -0.15) is 0 Å². The molecule has 0 radical (unpaired) electrons. The van der Waals surface area contributed by atoms with Crippen LogP contribution in [0.1, 0.15) is 33.5 Å². The van der Waals surface area contributed by atoms with Crippen LogP contribution in [0.15, 0.2) is 58.2 Å². The molecule has 0 unspecified atom stereocenters. The van der Waals surface area contributed by atoms with E-state index in [1.54, 1.807) is 24.3 Å². The Hall–Kier alpha value is -3.53. The summed E-state index contributed by atoms with van der Waals surface area (Å²) < 4.78 is 18.3. The van der Waals surface area contributed by atoms with Gasteiger partial charge in [0, 0.05) is 16.8 Å². The van der Waals surface area contributed by atoms with Crippen LogP contribution < -0.4 is 10.6 Å². The second-order valence-corrected chi connectivity index (χ2v) is 7.05. The Morgan fingerprint density at radius 3 is 2.33 bits per heavy atom. The molecule has 10 heteroatoms. The summed E-state index contributed by atoms with van der Waals surface area (Å²) >= 11 is 1.05. The van der Waals surface area contributed by atoms with E-state index in [-0.39, 0.29) is 35.1 Å². The zero-order chi connectivity index (χ0) is 21.5. The number of anilines is 1. The van der Waals surface area contributed by atoms with E-state index in [1.807, 2.05) is 0 Å². The van der Waals surface area contributed by atoms with Gasteiger partial charge in [0.25, 0.3) is 11.1 Å². The minimum Gasteiger partial charge on any atom is -0.414 e. The number of benzene rings is 2. The fourth-order valence-electron chi connectivity index (χ4n) is 2.34. The van der Waals surface area contributed by atoms with Gasteiger partial charge in [0.2, 0.25) is 11.8 Å². The average molecular weight is 428 g/mol. The Balaban J connectivity index is 1.44. The molecule has 0 saturated heterocycles. The summed E-state index contributed by atoms with van der Waals surface area (Å²) in [5, 5.41) is 13.1. The van der Waals surface area contributed by atoms with Gasteiger partial charge < -0.3 is 15.1 Å². The minimum atomic E-state index is -0.428. The lowest BCUT2D eigenvalue weighted by Gasteiger charge is -2.04. The minimum absolute atomic E-state index is 0.00152. The number of halogens is 1. The number of nitrogens with zero attached hydrogens (tertiary/aromatic N) is 2. The lowest BCUT2D eigenvalue weighted by atomic mass is 10.1. The Kier molecular flexibility index (Phi) is 6.91. The highest BCUT2D eigenvalue weighted by molar-refractivity contribution is 7.99. The monoisotopic (exact) mass is 428 g/mol. The number of nitrogens with one attached hydrogen (secondary N) is 2. The highest BCUT2D eigenvalue weighted by atomic mass is 32.2. The third-order valence-electron chi connectivity index (χ3n) is 3.86. The number of aromatic nitrogens is 2. The number of carbonyl (C=O) groups excluding carboxylic acids is 3. The van der Waals surface area contributed by atoms with Crippen LogP contribution in [-0.2, 0) is 11.3 Å². The summed E-state index contributed by atoms with van der Waals surface area (Å²) in [6.07, 6.45) is 0. The van der Waals surface area contributed by atoms with Crippen LogP contribution in [0.3, 0.4) is 0 Å². The number of hydrogen-bond donors (Lipinski definition) is 2. The van der Waals surface area contributed by atoms with Crippen LogP contribution >= 0.6 is 11.8 Å². The predicted molar refractivity (Wildman–Crippen MR) is 108 cm³/mol. The summed E-state index contributed by atoms with van der Waals surface area (Å²) in [7, 11) is 0. The van der Waals surface area contributed by atoms with Crippen molar-refractivity contribution in [1.29, 1.82) is 0 Å². The van der Waals surface area contributed by atoms with Crippen LogP contribution in [-0.4, -0.2) is 33.5 Å². The summed E-state index contributed by atoms with van der Waals surface area (Å²) in [4.78, 5) is 35.3. The number of hydrogen-bond acceptors (Lipinski definition) is 7. The van der Waals surface area contributed by atoms with Crippen molar-refractivity contribution in [3.63, 3.8) is 0 Å². The number of thioether (sulfide) groups is 1. The third kappa shape index (κ3) is 5.98. The lowest BCUT2D eigenvalue weighted by Crippen LogP contribution is -2.22. The molecule has 0 aliphatic heterocycles. The lowest BCUT2D eigenvalue weighted by molar-refractivity contribution is -0.113. The molecular formula is C20H17FN4O4S. The van der Waals surface area contributed by atoms with Gasteiger partial charge in [0.05, 0.1) is 12.3 Å². The van der Waals surface area contributed by atoms with Gasteiger partial charge >= 0.3 is 0 Å². The SMILES string of the molecule is CC(=O)c1ccc(NC(=O)CSc2nnc(CNC(=O)c3ccc(F)cc3)o2)cc1. The molecule has 3 aromatic rings. The van der Waals surface area contributed by atoms with Crippen molar-refractivity contribution in [3.05, 3.63) is 71.4 Å². The topological polar surface area (TPSA) is 114 Å². The Morgan fingerprint density at radius 2 is 1.67 bits per heavy atom. The summed E-state index contributed by atoms with van der Waals surface area (Å²) in [6.45, 7) is 1.47. The largest absolute Gasteiger partial charge is 0.414 e. The van der Waals surface area contributed by atoms with Crippen molar-refractivity contribution < 1.29 is 23.2 Å². The van der Waals surface area contributed by atoms with Crippen molar-refractivity contribution in [2.24, 2.45) is 0 Å². The predicted octanol–water partition coefficient (Wildman–Crippen LogP) is 3.07. The third-order valence-corrected chi connectivity index (χ3v) is 4.68. The standard InChI is InChI=1S/C20H17FN4O4S/c1-12(26)13-4-8-16(9-5-13)23-17(27)11-30-20-25-24-18(29-20)10-22-19(28)14-2-6-15(21)7-3-14/h2-9H,10-11H2,1H3,(H,22,28)(H,23,27). The second-order valence-electron chi connectivity index (χ2n) is 6.12. The van der Waals surface area contributed by atoms with Gasteiger partial charge in [0.15, 0.2) is 5.78 Å². The molecule has 8 nitrogen and oxygen atoms in total. The van der Waals surface area contributed by atoms with Gasteiger partial charge in [-0.3, -0.25) is 14.4 Å². The summed E-state index contributed by atoms with van der Waals surface area (Å²) in [5.41, 5.74) is 1.44. The van der Waals surface area contributed by atoms with Crippen LogP contribution in [0.4, 0.5) is 10.1 Å². The maximum absolute atomic E-state index is 12.9. The molecule has 0 spiro atoms. The molecule has 3 rings (SSSR count). The molecule has 0 bridgehead atoms. The number of Topliss-reactive ketones (excluding diaryl/α,β-unsaturated/α-hetero) is 1. The first-order valence-electron chi connectivity index (χ1n) is 8.80. The first-order valence-corrected chi connectivity index (χ1v) is 9.79. The maximum Gasteiger partial charge on any atom is 0.277 e. The van der Waals surface area contributed by atoms with Crippen molar-refractivity contribution in [2.45, 2.75) is 18.7 Å². The molecule has 2 N–H and O–H groups in total. The normalized spacial score (nSPS) is 10.5. The van der Waals surface area contributed by atoms with Gasteiger partial charge in [-0.25, -0.2) is 4.39 Å². The summed E-state index contributed by atoms with van der Waals surface area (Å²) in [6, 6.07) is 11.7. The van der Waals surface area contributed by atoms with Crippen molar-refractivity contribution in [2.75, 3.05) is 11.1 Å². The quantitative estimate of drug-likeness (QED) is 0.419. The molecular weight excluding hydrogens is 411 g/mol. The van der Waals surface area contributed by atoms with Crippen molar-refractivity contribution in [3.8, 4) is 0 Å². The first kappa shape index (κ1) is 21.2. The Labute approximate surface area is 175 Å². The Morgan fingerprint density at radius 1 is 1.00 bits per heavy atom. The smallest absolute Gasteiger partial charge is 0.277 e. The van der Waals surface area contributed by atoms with E-state index in [1.165, 1.54) is 31.2 Å². The molecule has 2 aromatic carbocycles. The average Bonchev–Trinajstić information content (AvgIpc) is 3.19. The number of rotatable bonds is 8. The highest BCUT2D eigenvalue weighted by Crippen LogP contribution is 2.17. The van der Waals surface area contributed by atoms with Crippen LogP contribution in [0.2, 0.25) is 0 Å². The zero-order valence-electron chi connectivity index (χ0n) is 15.8. The molecule has 0 fully saturated rings. The fraction of sp³-hybridized carbons (Fsp3) is 0.150. The highest BCUT2D eigenvalue weighted by Gasteiger charge is 2.12. The number of amides is 2. The first-order chi connectivity index (χ1) is 14.4. The maximum atomic E-state index is 12.9. The van der Waals surface area contributed by atoms with Gasteiger partial charge in [-0.15, -0.1) is 10.2 Å². The van der Waals surface area contributed by atoms with Crippen molar-refractivity contribution >= 4 is 35.0 Å². The molecule has 0 aliphatic carbocycles. The second kappa shape index (κ2) is 9.79. The van der Waals surface area contributed by atoms with E-state index in [9.17, 15) is 18.8 Å². The molecule has 30 heavy (non-hydrogen) atoms. The zero-order valence-corrected chi connectivity index (χ0v) is 16.7. The Bertz CT molecular complexity index is 1050. The van der Waals surface area contributed by atoms with Crippen LogP contribution in [0.25, 0.3) is 0 Å². The molecule has 1 aromatic heterocycles. The van der Waals surface area contributed by atoms with Crippen LogP contribution in [0.5, 0.6) is 0 Å². The molecule has 0 aliphatic rings. The summed E-state index contributed by atoms with van der Waals surface area (Å²) in [5.74, 6) is -0.949. The van der Waals surface area contributed by atoms with E-state index in [4.69, 9.17) is 4.42 Å². The van der Waals surface area contributed by atoms with Gasteiger partial charge in [-0.05, 0) is 55.5 Å². The van der Waals surface area contributed by atoms with Gasteiger partial charge in [-0.1, -0.05) is 11.8 Å². The molecule has 1 heterocycles. The van der Waals surface area contributed by atoms with E-state index < -0.39 is 11.7 Å². The van der Waals surface area contributed by atoms with Crippen molar-refractivity contribution in [1.82, 2.24) is 15.5 Å². The van der Waals surface area contributed by atoms with E-state index in [0.717, 1.165) is 11.8 Å². The number of ketones is 1. The molecule has 154 valence electrons.